The van der Waals surface area contributed by atoms with Crippen LogP contribution in [0.4, 0.5) is 5.13 Å². The number of rotatable bonds is 3. The lowest BCUT2D eigenvalue weighted by Gasteiger charge is -2.56. The predicted molar refractivity (Wildman–Crippen MR) is 124 cm³/mol. The third-order valence-electron chi connectivity index (χ3n) is 7.07. The van der Waals surface area contributed by atoms with Crippen molar-refractivity contribution in [1.82, 2.24) is 10.3 Å². The highest BCUT2D eigenvalue weighted by molar-refractivity contribution is 8.18. The van der Waals surface area contributed by atoms with Crippen LogP contribution >= 0.6 is 34.7 Å². The van der Waals surface area contributed by atoms with Crippen molar-refractivity contribution in [2.75, 3.05) is 0 Å². The van der Waals surface area contributed by atoms with Gasteiger partial charge in [0.25, 0.3) is 5.91 Å². The summed E-state index contributed by atoms with van der Waals surface area (Å²) < 4.78 is 0. The lowest BCUT2D eigenvalue weighted by molar-refractivity contribution is -0.115. The molecule has 0 atom stereocenters. The van der Waals surface area contributed by atoms with E-state index in [1.165, 1.54) is 56.0 Å². The van der Waals surface area contributed by atoms with Crippen LogP contribution in [0.1, 0.15) is 49.8 Å². The molecular weight excluding hydrogens is 434 g/mol. The Labute approximate surface area is 189 Å². The highest BCUT2D eigenvalue weighted by Crippen LogP contribution is 2.60. The van der Waals surface area contributed by atoms with Crippen molar-refractivity contribution in [3.05, 3.63) is 50.8 Å². The molecule has 0 radical (unpaired) electrons. The Hall–Kier alpha value is -1.63. The first-order chi connectivity index (χ1) is 14.5. The lowest BCUT2D eigenvalue weighted by atomic mass is 9.49. The van der Waals surface area contributed by atoms with Gasteiger partial charge in [-0.3, -0.25) is 4.79 Å². The molecule has 2 aromatic rings. The van der Waals surface area contributed by atoms with Gasteiger partial charge in [-0.25, -0.2) is 4.98 Å². The second kappa shape index (κ2) is 7.21. The molecule has 0 spiro atoms. The molecule has 2 heterocycles. The second-order valence-corrected chi connectivity index (χ2v) is 11.6. The Kier molecular flexibility index (Phi) is 4.59. The topological polar surface area (TPSA) is 54.4 Å². The number of thiazole rings is 1. The summed E-state index contributed by atoms with van der Waals surface area (Å²) in [5, 5.41) is 7.08. The van der Waals surface area contributed by atoms with Gasteiger partial charge < -0.3 is 5.32 Å². The maximum absolute atomic E-state index is 12.4. The molecule has 1 aromatic carbocycles. The highest BCUT2D eigenvalue weighted by atomic mass is 35.5. The summed E-state index contributed by atoms with van der Waals surface area (Å²) in [6, 6.07) is 7.47. The van der Waals surface area contributed by atoms with Crippen molar-refractivity contribution in [2.45, 2.75) is 43.9 Å². The number of thioether (sulfide) groups is 1. The number of hydrogen-bond acceptors (Lipinski definition) is 5. The zero-order valence-corrected chi connectivity index (χ0v) is 18.8. The standard InChI is InChI=1S/C23H22ClN3OS2/c24-17-3-1-2-13(7-17)8-18-20(28)26-22(30-18)27-21-25-19(12-29-21)23-9-14-4-15(10-23)6-16(5-14)11-23/h1-3,7-8,12,14-16H,4-6,9-11H2,(H,25,26,27,28)/b18-8-. The summed E-state index contributed by atoms with van der Waals surface area (Å²) in [5.41, 5.74) is 2.43. The molecule has 1 aliphatic heterocycles. The molecule has 1 N–H and O–H groups in total. The number of carbonyl (C=O) groups excluding carboxylic acids is 1. The number of nitrogens with zero attached hydrogens (tertiary/aromatic N) is 2. The number of nitrogens with one attached hydrogen (secondary N) is 1. The molecule has 30 heavy (non-hydrogen) atoms. The number of aromatic nitrogens is 1. The van der Waals surface area contributed by atoms with E-state index >= 15 is 0 Å². The monoisotopic (exact) mass is 455 g/mol. The molecule has 7 rings (SSSR count). The first-order valence-electron chi connectivity index (χ1n) is 10.6. The minimum absolute atomic E-state index is 0.128. The molecule has 0 unspecified atom stereocenters. The van der Waals surface area contributed by atoms with Crippen LogP contribution in [0, 0.1) is 17.8 Å². The maximum Gasteiger partial charge on any atom is 0.264 e. The number of benzene rings is 1. The number of hydrogen-bond donors (Lipinski definition) is 1. The summed E-state index contributed by atoms with van der Waals surface area (Å²) in [4.78, 5) is 22.6. The zero-order chi connectivity index (χ0) is 20.3. The van der Waals surface area contributed by atoms with Crippen LogP contribution in [0.25, 0.3) is 6.08 Å². The van der Waals surface area contributed by atoms with Crippen molar-refractivity contribution in [3.63, 3.8) is 0 Å². The van der Waals surface area contributed by atoms with Crippen LogP contribution in [-0.4, -0.2) is 16.1 Å². The van der Waals surface area contributed by atoms with Crippen LogP contribution in [0.5, 0.6) is 0 Å². The van der Waals surface area contributed by atoms with Crippen molar-refractivity contribution in [2.24, 2.45) is 22.7 Å². The molecule has 1 saturated heterocycles. The minimum Gasteiger partial charge on any atom is -0.300 e. The van der Waals surface area contributed by atoms with Gasteiger partial charge in [-0.1, -0.05) is 23.7 Å². The normalized spacial score (nSPS) is 34.8. The molecule has 5 aliphatic rings. The summed E-state index contributed by atoms with van der Waals surface area (Å²) in [6.07, 6.45) is 10.1. The van der Waals surface area contributed by atoms with E-state index in [1.54, 1.807) is 11.3 Å². The molecule has 4 nitrogen and oxygen atoms in total. The van der Waals surface area contributed by atoms with Crippen LogP contribution in [0.15, 0.2) is 39.5 Å². The SMILES string of the molecule is O=C1N/C(=N/c2nc(C34CC5CC(CC(C5)C3)C4)cs2)S/C1=C\c1cccc(Cl)c1. The summed E-state index contributed by atoms with van der Waals surface area (Å²) >= 11 is 9.00. The van der Waals surface area contributed by atoms with Gasteiger partial charge in [0.2, 0.25) is 5.13 Å². The van der Waals surface area contributed by atoms with E-state index in [2.05, 4.69) is 15.7 Å². The molecule has 1 aromatic heterocycles. The maximum atomic E-state index is 12.4. The summed E-state index contributed by atoms with van der Waals surface area (Å²) in [6.45, 7) is 0. The summed E-state index contributed by atoms with van der Waals surface area (Å²) in [5.74, 6) is 2.57. The van der Waals surface area contributed by atoms with Gasteiger partial charge in [0.1, 0.15) is 0 Å². The average Bonchev–Trinajstić information content (AvgIpc) is 3.28. The molecule has 1 amide bonds. The molecule has 4 saturated carbocycles. The molecular formula is C23H22ClN3OS2. The van der Waals surface area contributed by atoms with Gasteiger partial charge in [-0.2, -0.15) is 4.99 Å². The molecule has 154 valence electrons. The van der Waals surface area contributed by atoms with Gasteiger partial charge in [0, 0.05) is 15.8 Å². The largest absolute Gasteiger partial charge is 0.300 e. The van der Waals surface area contributed by atoms with Gasteiger partial charge in [-0.05, 0) is 91.8 Å². The fourth-order valence-electron chi connectivity index (χ4n) is 6.30. The van der Waals surface area contributed by atoms with Crippen molar-refractivity contribution in [1.29, 1.82) is 0 Å². The van der Waals surface area contributed by atoms with Crippen molar-refractivity contribution in [3.8, 4) is 0 Å². The van der Waals surface area contributed by atoms with E-state index in [-0.39, 0.29) is 11.3 Å². The van der Waals surface area contributed by atoms with Crippen LogP contribution in [0.2, 0.25) is 5.02 Å². The van der Waals surface area contributed by atoms with Gasteiger partial charge in [0.15, 0.2) is 5.17 Å². The summed E-state index contributed by atoms with van der Waals surface area (Å²) in [7, 11) is 0. The van der Waals surface area contributed by atoms with E-state index in [4.69, 9.17) is 16.6 Å². The van der Waals surface area contributed by atoms with Crippen LogP contribution in [-0.2, 0) is 10.2 Å². The van der Waals surface area contributed by atoms with E-state index in [9.17, 15) is 4.79 Å². The minimum atomic E-state index is -0.128. The third kappa shape index (κ3) is 3.43. The van der Waals surface area contributed by atoms with Crippen LogP contribution in [0.3, 0.4) is 0 Å². The first-order valence-corrected chi connectivity index (χ1v) is 12.6. The lowest BCUT2D eigenvalue weighted by Crippen LogP contribution is -2.48. The number of aliphatic imine (C=N–C) groups is 1. The zero-order valence-electron chi connectivity index (χ0n) is 16.4. The number of amides is 1. The smallest absolute Gasteiger partial charge is 0.264 e. The molecule has 4 bridgehead atoms. The second-order valence-electron chi connectivity index (χ2n) is 9.25. The van der Waals surface area contributed by atoms with E-state index in [0.29, 0.717) is 15.1 Å². The van der Waals surface area contributed by atoms with Gasteiger partial charge >= 0.3 is 0 Å². The Morgan fingerprint density at radius 3 is 2.60 bits per heavy atom. The number of halogens is 1. The Morgan fingerprint density at radius 1 is 1.17 bits per heavy atom. The predicted octanol–water partition coefficient (Wildman–Crippen LogP) is 6.16. The third-order valence-corrected chi connectivity index (χ3v) is 8.95. The van der Waals surface area contributed by atoms with Crippen LogP contribution < -0.4 is 5.32 Å². The average molecular weight is 456 g/mol. The first kappa shape index (κ1) is 19.1. The Balaban J connectivity index is 1.23. The van der Waals surface area contributed by atoms with Crippen molar-refractivity contribution >= 4 is 57.0 Å². The quantitative estimate of drug-likeness (QED) is 0.564. The fourth-order valence-corrected chi connectivity index (χ4v) is 8.19. The number of carbonyl (C=O) groups is 1. The van der Waals surface area contributed by atoms with Crippen molar-refractivity contribution < 1.29 is 4.79 Å². The van der Waals surface area contributed by atoms with E-state index < -0.39 is 0 Å². The van der Waals surface area contributed by atoms with E-state index in [1.807, 2.05) is 30.3 Å². The van der Waals surface area contributed by atoms with Gasteiger partial charge in [-0.15, -0.1) is 11.3 Å². The fraction of sp³-hybridized carbons (Fsp3) is 0.435. The highest BCUT2D eigenvalue weighted by Gasteiger charge is 2.52. The number of amidine groups is 1. The molecule has 7 heteroatoms. The van der Waals surface area contributed by atoms with E-state index in [0.717, 1.165) is 28.4 Å². The van der Waals surface area contributed by atoms with Gasteiger partial charge in [0.05, 0.1) is 10.6 Å². The molecule has 4 aliphatic carbocycles. The Bertz CT molecular complexity index is 1050. The Morgan fingerprint density at radius 2 is 1.90 bits per heavy atom. The molecule has 5 fully saturated rings.